The number of aromatic nitrogens is 2. The van der Waals surface area contributed by atoms with E-state index < -0.39 is 0 Å². The molecule has 0 spiro atoms. The molecule has 4 rings (SSSR count). The maximum absolute atomic E-state index is 13.1. The molecule has 4 aromatic rings. The molecule has 0 saturated heterocycles. The summed E-state index contributed by atoms with van der Waals surface area (Å²) in [5, 5.41) is 1.82. The van der Waals surface area contributed by atoms with Gasteiger partial charge in [-0.05, 0) is 24.8 Å². The molecule has 0 unspecified atom stereocenters. The Morgan fingerprint density at radius 1 is 1.12 bits per heavy atom. The zero-order valence-electron chi connectivity index (χ0n) is 13.4. The van der Waals surface area contributed by atoms with Crippen LogP contribution in [0.3, 0.4) is 0 Å². The molecule has 0 aliphatic carbocycles. The van der Waals surface area contributed by atoms with Gasteiger partial charge in [0, 0.05) is 10.1 Å². The Morgan fingerprint density at radius 3 is 2.62 bits per heavy atom. The monoisotopic (exact) mass is 352 g/mol. The molecule has 0 N–H and O–H groups in total. The lowest BCUT2D eigenvalue weighted by atomic mass is 10.1. The molecule has 0 aliphatic rings. The molecule has 0 bridgehead atoms. The number of thioether (sulfide) groups is 1. The van der Waals surface area contributed by atoms with Gasteiger partial charge in [-0.3, -0.25) is 9.36 Å². The average molecular weight is 352 g/mol. The van der Waals surface area contributed by atoms with E-state index in [1.54, 1.807) is 4.57 Å². The van der Waals surface area contributed by atoms with Crippen LogP contribution in [0.25, 0.3) is 20.3 Å². The lowest BCUT2D eigenvalue weighted by Crippen LogP contribution is -2.23. The number of fused-ring (bicyclic) bond motifs is 3. The van der Waals surface area contributed by atoms with Crippen LogP contribution in [0.1, 0.15) is 11.1 Å². The number of hydrogen-bond donors (Lipinski definition) is 0. The highest BCUT2D eigenvalue weighted by Gasteiger charge is 2.15. The van der Waals surface area contributed by atoms with E-state index in [9.17, 15) is 4.79 Å². The normalized spacial score (nSPS) is 11.4. The summed E-state index contributed by atoms with van der Waals surface area (Å²) in [7, 11) is 0. The summed E-state index contributed by atoms with van der Waals surface area (Å²) in [5.74, 6) is 0. The first-order chi connectivity index (χ1) is 11.7. The van der Waals surface area contributed by atoms with Gasteiger partial charge in [-0.2, -0.15) is 0 Å². The van der Waals surface area contributed by atoms with Gasteiger partial charge >= 0.3 is 0 Å². The molecule has 2 aromatic heterocycles. The molecule has 0 atom stereocenters. The van der Waals surface area contributed by atoms with Crippen LogP contribution in [0.2, 0.25) is 0 Å². The maximum Gasteiger partial charge on any atom is 0.272 e. The third kappa shape index (κ3) is 2.54. The van der Waals surface area contributed by atoms with Crippen molar-refractivity contribution in [2.24, 2.45) is 0 Å². The molecule has 0 amide bonds. The Bertz CT molecular complexity index is 1090. The van der Waals surface area contributed by atoms with Gasteiger partial charge in [0.25, 0.3) is 5.56 Å². The summed E-state index contributed by atoms with van der Waals surface area (Å²) in [5.41, 5.74) is 3.20. The third-order valence-corrected chi connectivity index (χ3v) is 5.92. The molecule has 0 fully saturated rings. The van der Waals surface area contributed by atoms with E-state index in [1.807, 2.05) is 30.5 Å². The molecule has 3 nitrogen and oxygen atoms in total. The molecular weight excluding hydrogens is 336 g/mol. The van der Waals surface area contributed by atoms with E-state index in [1.165, 1.54) is 28.7 Å². The first-order valence-electron chi connectivity index (χ1n) is 7.69. The second kappa shape index (κ2) is 6.07. The molecule has 2 heterocycles. The number of thiophene rings is 1. The van der Waals surface area contributed by atoms with Crippen molar-refractivity contribution in [1.29, 1.82) is 0 Å². The fourth-order valence-corrected chi connectivity index (χ4v) is 4.47. The maximum atomic E-state index is 13.1. The van der Waals surface area contributed by atoms with Crippen LogP contribution in [-0.4, -0.2) is 15.8 Å². The Kier molecular flexibility index (Phi) is 3.90. The van der Waals surface area contributed by atoms with Gasteiger partial charge in [0.15, 0.2) is 5.16 Å². The molecule has 0 aliphatic heterocycles. The standard InChI is InChI=1S/C19H16N2OS2/c1-12-7-9-13(10-8-12)11-21-18(22)17-16(20-19(21)23-2)14-5-3-4-6-15(14)24-17/h3-10H,11H2,1-2H3. The molecular formula is C19H16N2OS2. The second-order valence-electron chi connectivity index (χ2n) is 5.75. The van der Waals surface area contributed by atoms with Gasteiger partial charge in [-0.15, -0.1) is 11.3 Å². The largest absolute Gasteiger partial charge is 0.282 e. The number of hydrogen-bond acceptors (Lipinski definition) is 4. The third-order valence-electron chi connectivity index (χ3n) is 4.09. The van der Waals surface area contributed by atoms with Crippen molar-refractivity contribution in [3.8, 4) is 0 Å². The highest BCUT2D eigenvalue weighted by atomic mass is 32.2. The van der Waals surface area contributed by atoms with Crippen molar-refractivity contribution in [3.05, 3.63) is 70.0 Å². The molecule has 120 valence electrons. The van der Waals surface area contributed by atoms with Gasteiger partial charge in [-0.1, -0.05) is 59.8 Å². The molecule has 24 heavy (non-hydrogen) atoms. The average Bonchev–Trinajstić information content (AvgIpc) is 2.98. The smallest absolute Gasteiger partial charge is 0.272 e. The zero-order valence-corrected chi connectivity index (χ0v) is 15.1. The van der Waals surface area contributed by atoms with Crippen LogP contribution in [0.4, 0.5) is 0 Å². The predicted octanol–water partition coefficient (Wildman–Crippen LogP) is 4.69. The van der Waals surface area contributed by atoms with E-state index in [4.69, 9.17) is 4.98 Å². The Balaban J connectivity index is 1.94. The molecule has 0 radical (unpaired) electrons. The highest BCUT2D eigenvalue weighted by Crippen LogP contribution is 2.31. The fourth-order valence-electron chi connectivity index (χ4n) is 2.82. The number of rotatable bonds is 3. The quantitative estimate of drug-likeness (QED) is 0.396. The predicted molar refractivity (Wildman–Crippen MR) is 103 cm³/mol. The molecule has 2 aromatic carbocycles. The van der Waals surface area contributed by atoms with E-state index >= 15 is 0 Å². The summed E-state index contributed by atoms with van der Waals surface area (Å²) in [4.78, 5) is 17.9. The van der Waals surface area contributed by atoms with Crippen molar-refractivity contribution in [1.82, 2.24) is 9.55 Å². The van der Waals surface area contributed by atoms with Crippen LogP contribution >= 0.6 is 23.1 Å². The number of aryl methyl sites for hydroxylation is 1. The Labute approximate surface area is 148 Å². The van der Waals surface area contributed by atoms with E-state index in [-0.39, 0.29) is 5.56 Å². The minimum Gasteiger partial charge on any atom is -0.282 e. The molecule has 5 heteroatoms. The van der Waals surface area contributed by atoms with Gasteiger partial charge in [0.05, 0.1) is 12.1 Å². The highest BCUT2D eigenvalue weighted by molar-refractivity contribution is 7.98. The summed E-state index contributed by atoms with van der Waals surface area (Å²) in [6.07, 6.45) is 1.97. The lowest BCUT2D eigenvalue weighted by Gasteiger charge is -2.11. The lowest BCUT2D eigenvalue weighted by molar-refractivity contribution is 0.660. The van der Waals surface area contributed by atoms with Crippen molar-refractivity contribution >= 4 is 43.4 Å². The van der Waals surface area contributed by atoms with Crippen LogP contribution < -0.4 is 5.56 Å². The molecule has 0 saturated carbocycles. The van der Waals surface area contributed by atoms with Gasteiger partial charge < -0.3 is 0 Å². The van der Waals surface area contributed by atoms with Crippen LogP contribution in [0, 0.1) is 6.92 Å². The van der Waals surface area contributed by atoms with E-state index in [0.717, 1.165) is 31.0 Å². The minimum atomic E-state index is 0.0473. The second-order valence-corrected chi connectivity index (χ2v) is 7.58. The minimum absolute atomic E-state index is 0.0473. The Hall–Kier alpha value is -2.11. The van der Waals surface area contributed by atoms with Crippen molar-refractivity contribution in [3.63, 3.8) is 0 Å². The first-order valence-corrected chi connectivity index (χ1v) is 9.73. The van der Waals surface area contributed by atoms with E-state index in [0.29, 0.717) is 6.54 Å². The van der Waals surface area contributed by atoms with Gasteiger partial charge in [-0.25, -0.2) is 4.98 Å². The van der Waals surface area contributed by atoms with Crippen molar-refractivity contribution < 1.29 is 0 Å². The van der Waals surface area contributed by atoms with Gasteiger partial charge in [0.1, 0.15) is 4.70 Å². The van der Waals surface area contributed by atoms with E-state index in [2.05, 4.69) is 31.2 Å². The summed E-state index contributed by atoms with van der Waals surface area (Å²) >= 11 is 3.04. The number of nitrogens with zero attached hydrogens (tertiary/aromatic N) is 2. The van der Waals surface area contributed by atoms with Crippen LogP contribution in [-0.2, 0) is 6.54 Å². The Morgan fingerprint density at radius 2 is 1.88 bits per heavy atom. The summed E-state index contributed by atoms with van der Waals surface area (Å²) in [6.45, 7) is 2.61. The SMILES string of the molecule is CSc1nc2c(sc3ccccc32)c(=O)n1Cc1ccc(C)cc1. The number of benzene rings is 2. The summed E-state index contributed by atoms with van der Waals surface area (Å²) < 4.78 is 3.63. The first kappa shape index (κ1) is 15.4. The van der Waals surface area contributed by atoms with Gasteiger partial charge in [0.2, 0.25) is 0 Å². The van der Waals surface area contributed by atoms with Crippen LogP contribution in [0.15, 0.2) is 58.5 Å². The fraction of sp³-hybridized carbons (Fsp3) is 0.158. The zero-order chi connectivity index (χ0) is 16.7. The van der Waals surface area contributed by atoms with Crippen molar-refractivity contribution in [2.45, 2.75) is 18.6 Å². The van der Waals surface area contributed by atoms with Crippen LogP contribution in [0.5, 0.6) is 0 Å². The van der Waals surface area contributed by atoms with Crippen molar-refractivity contribution in [2.75, 3.05) is 6.26 Å². The summed E-state index contributed by atoms with van der Waals surface area (Å²) in [6, 6.07) is 16.4. The topological polar surface area (TPSA) is 34.9 Å².